The minimum absolute atomic E-state index is 0.0205. The molecule has 8 heteroatoms. The van der Waals surface area contributed by atoms with Crippen LogP contribution in [0.4, 0.5) is 0 Å². The zero-order valence-corrected chi connectivity index (χ0v) is 14.9. The molecule has 0 unspecified atom stereocenters. The molecule has 1 rings (SSSR count). The van der Waals surface area contributed by atoms with Crippen molar-refractivity contribution in [2.45, 2.75) is 13.8 Å². The maximum absolute atomic E-state index is 12.6. The van der Waals surface area contributed by atoms with Crippen molar-refractivity contribution >= 4 is 53.5 Å². The SMILES string of the molecule is C=C/C=C\C(=C(/C)Cl)S(=O)(=O)n1c(Br)nc(C)c1Br. The van der Waals surface area contributed by atoms with Gasteiger partial charge in [0.15, 0.2) is 4.73 Å². The normalized spacial score (nSPS) is 13.7. The lowest BCUT2D eigenvalue weighted by Gasteiger charge is -2.09. The van der Waals surface area contributed by atoms with E-state index in [0.29, 0.717) is 10.3 Å². The molecule has 0 fully saturated rings. The third-order valence-electron chi connectivity index (χ3n) is 2.15. The number of aromatic nitrogens is 2. The first-order valence-corrected chi connectivity index (χ1v) is 8.45. The van der Waals surface area contributed by atoms with Gasteiger partial charge in [0.1, 0.15) is 9.51 Å². The number of hydrogen-bond acceptors (Lipinski definition) is 3. The monoisotopic (exact) mass is 428 g/mol. The second kappa shape index (κ2) is 6.39. The maximum atomic E-state index is 12.6. The smallest absolute Gasteiger partial charge is 0.225 e. The molecule has 0 atom stereocenters. The molecule has 104 valence electrons. The number of allylic oxidation sites excluding steroid dienone is 4. The molecule has 19 heavy (non-hydrogen) atoms. The third-order valence-corrected chi connectivity index (χ3v) is 6.23. The molecule has 0 radical (unpaired) electrons. The topological polar surface area (TPSA) is 52.0 Å². The van der Waals surface area contributed by atoms with Gasteiger partial charge in [0.2, 0.25) is 0 Å². The molecular formula is C11H11Br2ClN2O2S. The highest BCUT2D eigenvalue weighted by Crippen LogP contribution is 2.29. The first-order valence-electron chi connectivity index (χ1n) is 5.04. The Bertz CT molecular complexity index is 671. The fourth-order valence-electron chi connectivity index (χ4n) is 1.29. The fraction of sp³-hybridized carbons (Fsp3) is 0.182. The van der Waals surface area contributed by atoms with Gasteiger partial charge in [0, 0.05) is 5.03 Å². The van der Waals surface area contributed by atoms with Crippen LogP contribution in [0.2, 0.25) is 0 Å². The summed E-state index contributed by atoms with van der Waals surface area (Å²) in [4.78, 5) is 4.02. The molecule has 1 aromatic rings. The van der Waals surface area contributed by atoms with Crippen molar-refractivity contribution in [3.63, 3.8) is 0 Å². The minimum atomic E-state index is -3.84. The van der Waals surface area contributed by atoms with Crippen molar-refractivity contribution < 1.29 is 8.42 Å². The van der Waals surface area contributed by atoms with Crippen LogP contribution in [0, 0.1) is 6.92 Å². The molecule has 0 aliphatic heterocycles. The van der Waals surface area contributed by atoms with Crippen LogP contribution in [0.15, 0.2) is 44.1 Å². The van der Waals surface area contributed by atoms with Gasteiger partial charge in [0.05, 0.1) is 5.69 Å². The molecule has 1 aromatic heterocycles. The molecule has 0 aromatic carbocycles. The number of halogens is 3. The first kappa shape index (κ1) is 16.7. The van der Waals surface area contributed by atoms with Crippen molar-refractivity contribution in [1.29, 1.82) is 0 Å². The lowest BCUT2D eigenvalue weighted by Crippen LogP contribution is -2.15. The Morgan fingerprint density at radius 1 is 1.47 bits per heavy atom. The lowest BCUT2D eigenvalue weighted by atomic mass is 10.4. The van der Waals surface area contributed by atoms with E-state index in [2.05, 4.69) is 43.4 Å². The Balaban J connectivity index is 3.58. The number of rotatable bonds is 4. The van der Waals surface area contributed by atoms with Crippen molar-refractivity contribution in [1.82, 2.24) is 8.96 Å². The Morgan fingerprint density at radius 3 is 2.42 bits per heavy atom. The average Bonchev–Trinajstić information content (AvgIpc) is 2.52. The highest BCUT2D eigenvalue weighted by atomic mass is 79.9. The second-order valence-corrected chi connectivity index (χ2v) is 7.30. The van der Waals surface area contributed by atoms with E-state index in [1.165, 1.54) is 25.2 Å². The number of imidazole rings is 1. The molecule has 1 heterocycles. The molecular weight excluding hydrogens is 419 g/mol. The molecule has 0 aliphatic rings. The van der Waals surface area contributed by atoms with Crippen LogP contribution in [0.3, 0.4) is 0 Å². The van der Waals surface area contributed by atoms with E-state index in [9.17, 15) is 8.42 Å². The molecule has 0 amide bonds. The van der Waals surface area contributed by atoms with Gasteiger partial charge in [-0.3, -0.25) is 0 Å². The largest absolute Gasteiger partial charge is 0.271 e. The van der Waals surface area contributed by atoms with E-state index in [1.54, 1.807) is 6.92 Å². The molecule has 0 aliphatic carbocycles. The lowest BCUT2D eigenvalue weighted by molar-refractivity contribution is 0.592. The van der Waals surface area contributed by atoms with Crippen LogP contribution >= 0.6 is 43.5 Å². The second-order valence-electron chi connectivity index (χ2n) is 3.52. The first-order chi connectivity index (χ1) is 8.73. The van der Waals surface area contributed by atoms with Crippen molar-refractivity contribution in [3.8, 4) is 0 Å². The van der Waals surface area contributed by atoms with Crippen LogP contribution in [0.5, 0.6) is 0 Å². The van der Waals surface area contributed by atoms with Gasteiger partial charge in [-0.05, 0) is 51.8 Å². The van der Waals surface area contributed by atoms with E-state index in [1.807, 2.05) is 0 Å². The standard InChI is InChI=1S/C11H11Br2ClN2O2S/c1-4-5-6-9(7(2)14)19(17,18)16-10(12)8(3)15-11(16)13/h4-6H,1H2,2-3H3/b6-5-,9-7-. The summed E-state index contributed by atoms with van der Waals surface area (Å²) in [6.45, 7) is 6.70. The van der Waals surface area contributed by atoms with E-state index in [4.69, 9.17) is 11.6 Å². The van der Waals surface area contributed by atoms with Gasteiger partial charge in [0.25, 0.3) is 10.0 Å². The quantitative estimate of drug-likeness (QED) is 0.676. The van der Waals surface area contributed by atoms with Crippen LogP contribution in [-0.2, 0) is 10.0 Å². The molecule has 0 spiro atoms. The van der Waals surface area contributed by atoms with Crippen molar-refractivity contribution in [3.05, 3.63) is 49.8 Å². The Morgan fingerprint density at radius 2 is 2.05 bits per heavy atom. The summed E-state index contributed by atoms with van der Waals surface area (Å²) in [5.74, 6) is 0. The summed E-state index contributed by atoms with van der Waals surface area (Å²) in [5, 5.41) is 0.156. The Kier molecular flexibility index (Phi) is 5.61. The van der Waals surface area contributed by atoms with E-state index in [0.717, 1.165) is 3.97 Å². The third kappa shape index (κ3) is 3.39. The van der Waals surface area contributed by atoms with Crippen molar-refractivity contribution in [2.75, 3.05) is 0 Å². The van der Waals surface area contributed by atoms with E-state index in [-0.39, 0.29) is 14.7 Å². The number of aryl methyl sites for hydroxylation is 1. The molecule has 0 saturated carbocycles. The minimum Gasteiger partial charge on any atom is -0.225 e. The van der Waals surface area contributed by atoms with Crippen LogP contribution in [-0.4, -0.2) is 17.4 Å². The summed E-state index contributed by atoms with van der Waals surface area (Å²) >= 11 is 12.2. The Labute approximate surface area is 134 Å². The molecule has 0 bridgehead atoms. The molecule has 4 nitrogen and oxygen atoms in total. The predicted octanol–water partition coefficient (Wildman–Crippen LogP) is 4.11. The number of hydrogen-bond donors (Lipinski definition) is 0. The zero-order chi connectivity index (χ0) is 14.8. The van der Waals surface area contributed by atoms with E-state index >= 15 is 0 Å². The van der Waals surface area contributed by atoms with Gasteiger partial charge >= 0.3 is 0 Å². The van der Waals surface area contributed by atoms with Gasteiger partial charge in [-0.25, -0.2) is 17.4 Å². The summed E-state index contributed by atoms with van der Waals surface area (Å²) in [5.41, 5.74) is 0.551. The summed E-state index contributed by atoms with van der Waals surface area (Å²) in [6, 6.07) is 0. The maximum Gasteiger partial charge on any atom is 0.271 e. The highest BCUT2D eigenvalue weighted by Gasteiger charge is 2.26. The fourth-order valence-corrected chi connectivity index (χ4v) is 5.12. The predicted molar refractivity (Wildman–Crippen MR) is 84.6 cm³/mol. The highest BCUT2D eigenvalue weighted by molar-refractivity contribution is 9.11. The van der Waals surface area contributed by atoms with Crippen LogP contribution < -0.4 is 0 Å². The zero-order valence-electron chi connectivity index (χ0n) is 10.2. The van der Waals surface area contributed by atoms with Crippen molar-refractivity contribution in [2.24, 2.45) is 0 Å². The molecule has 0 saturated heterocycles. The number of nitrogens with zero attached hydrogens (tertiary/aromatic N) is 2. The van der Waals surface area contributed by atoms with Gasteiger partial charge in [-0.1, -0.05) is 30.3 Å². The van der Waals surface area contributed by atoms with Crippen LogP contribution in [0.25, 0.3) is 0 Å². The van der Waals surface area contributed by atoms with Gasteiger partial charge in [-0.15, -0.1) is 0 Å². The van der Waals surface area contributed by atoms with Crippen LogP contribution in [0.1, 0.15) is 12.6 Å². The summed E-state index contributed by atoms with van der Waals surface area (Å²) < 4.78 is 26.7. The van der Waals surface area contributed by atoms with E-state index < -0.39 is 10.0 Å². The van der Waals surface area contributed by atoms with Gasteiger partial charge < -0.3 is 0 Å². The molecule has 0 N–H and O–H groups in total. The van der Waals surface area contributed by atoms with Gasteiger partial charge in [-0.2, -0.15) is 0 Å². The average molecular weight is 431 g/mol. The summed E-state index contributed by atoms with van der Waals surface area (Å²) in [7, 11) is -3.84. The Hall–Kier alpha value is -0.370. The summed E-state index contributed by atoms with van der Waals surface area (Å²) in [6.07, 6.45) is 4.36.